The Hall–Kier alpha value is -3.34. The van der Waals surface area contributed by atoms with E-state index in [1.807, 2.05) is 79.4 Å². The van der Waals surface area contributed by atoms with Gasteiger partial charge in [0.15, 0.2) is 6.61 Å². The van der Waals surface area contributed by atoms with Crippen LogP contribution in [0, 0.1) is 13.8 Å². The van der Waals surface area contributed by atoms with Crippen LogP contribution in [0.15, 0.2) is 60.7 Å². The smallest absolute Gasteiger partial charge is 0.260 e. The zero-order valence-corrected chi connectivity index (χ0v) is 18.1. The summed E-state index contributed by atoms with van der Waals surface area (Å²) in [4.78, 5) is 29.6. The average Bonchev–Trinajstić information content (AvgIpc) is 3.04. The van der Waals surface area contributed by atoms with Crippen molar-refractivity contribution >= 4 is 22.6 Å². The van der Waals surface area contributed by atoms with Crippen LogP contribution in [0.3, 0.4) is 0 Å². The van der Waals surface area contributed by atoms with E-state index in [4.69, 9.17) is 4.74 Å². The van der Waals surface area contributed by atoms with Crippen molar-refractivity contribution in [3.05, 3.63) is 77.4 Å². The SMILES string of the molecule is Cc1ccc(OCC(=O)N2CCCN(C(=O)c3cccc4ccccc34)CC2)c(C)c1. The van der Waals surface area contributed by atoms with Crippen molar-refractivity contribution < 1.29 is 14.3 Å². The molecule has 0 saturated carbocycles. The molecule has 0 atom stereocenters. The summed E-state index contributed by atoms with van der Waals surface area (Å²) in [5.41, 5.74) is 2.91. The zero-order valence-electron chi connectivity index (χ0n) is 18.1. The molecule has 3 aromatic carbocycles. The molecule has 2 amide bonds. The second-order valence-electron chi connectivity index (χ2n) is 8.11. The highest BCUT2D eigenvalue weighted by molar-refractivity contribution is 6.07. The van der Waals surface area contributed by atoms with Crippen molar-refractivity contribution in [3.63, 3.8) is 0 Å². The van der Waals surface area contributed by atoms with Gasteiger partial charge in [0.25, 0.3) is 11.8 Å². The van der Waals surface area contributed by atoms with Crippen LogP contribution in [0.2, 0.25) is 0 Å². The third kappa shape index (κ3) is 4.71. The molecular weight excluding hydrogens is 388 g/mol. The van der Waals surface area contributed by atoms with Crippen LogP contribution in [0.4, 0.5) is 0 Å². The Morgan fingerprint density at radius 2 is 1.61 bits per heavy atom. The van der Waals surface area contributed by atoms with Gasteiger partial charge in [-0.15, -0.1) is 0 Å². The molecule has 1 saturated heterocycles. The van der Waals surface area contributed by atoms with Crippen molar-refractivity contribution in [2.45, 2.75) is 20.3 Å². The van der Waals surface area contributed by atoms with Gasteiger partial charge in [-0.05, 0) is 48.7 Å². The zero-order chi connectivity index (χ0) is 21.8. The summed E-state index contributed by atoms with van der Waals surface area (Å²) >= 11 is 0. The Morgan fingerprint density at radius 1 is 0.871 bits per heavy atom. The lowest BCUT2D eigenvalue weighted by atomic mass is 10.0. The van der Waals surface area contributed by atoms with E-state index in [-0.39, 0.29) is 18.4 Å². The molecule has 1 aliphatic rings. The summed E-state index contributed by atoms with van der Waals surface area (Å²) in [5, 5.41) is 2.03. The maximum Gasteiger partial charge on any atom is 0.260 e. The Balaban J connectivity index is 1.38. The minimum Gasteiger partial charge on any atom is -0.484 e. The number of fused-ring (bicyclic) bond motifs is 1. The number of amides is 2. The molecule has 0 spiro atoms. The van der Waals surface area contributed by atoms with Crippen molar-refractivity contribution in [2.75, 3.05) is 32.8 Å². The van der Waals surface area contributed by atoms with E-state index in [0.717, 1.165) is 34.1 Å². The molecule has 160 valence electrons. The highest BCUT2D eigenvalue weighted by Crippen LogP contribution is 2.21. The Bertz CT molecular complexity index is 1100. The van der Waals surface area contributed by atoms with Crippen LogP contribution in [0.1, 0.15) is 27.9 Å². The van der Waals surface area contributed by atoms with Gasteiger partial charge in [0.05, 0.1) is 0 Å². The number of benzene rings is 3. The van der Waals surface area contributed by atoms with Crippen molar-refractivity contribution in [2.24, 2.45) is 0 Å². The fourth-order valence-corrected chi connectivity index (χ4v) is 4.14. The molecule has 0 unspecified atom stereocenters. The first-order valence-corrected chi connectivity index (χ1v) is 10.8. The van der Waals surface area contributed by atoms with E-state index in [9.17, 15) is 9.59 Å². The highest BCUT2D eigenvalue weighted by Gasteiger charge is 2.24. The molecule has 0 aromatic heterocycles. The normalized spacial score (nSPS) is 14.4. The number of nitrogens with zero attached hydrogens (tertiary/aromatic N) is 2. The quantitative estimate of drug-likeness (QED) is 0.640. The van der Waals surface area contributed by atoms with Crippen molar-refractivity contribution in [3.8, 4) is 5.75 Å². The monoisotopic (exact) mass is 416 g/mol. The average molecular weight is 417 g/mol. The molecular formula is C26H28N2O3. The fourth-order valence-electron chi connectivity index (χ4n) is 4.14. The van der Waals surface area contributed by atoms with Crippen molar-refractivity contribution in [1.29, 1.82) is 0 Å². The molecule has 4 rings (SSSR count). The molecule has 1 fully saturated rings. The lowest BCUT2D eigenvalue weighted by Crippen LogP contribution is -2.39. The molecule has 5 nitrogen and oxygen atoms in total. The molecule has 0 N–H and O–H groups in total. The van der Waals surface area contributed by atoms with Gasteiger partial charge in [-0.3, -0.25) is 9.59 Å². The molecule has 1 heterocycles. The van der Waals surface area contributed by atoms with Crippen LogP contribution >= 0.6 is 0 Å². The third-order valence-electron chi connectivity index (χ3n) is 5.84. The molecule has 31 heavy (non-hydrogen) atoms. The number of hydrogen-bond donors (Lipinski definition) is 0. The van der Waals surface area contributed by atoms with Gasteiger partial charge in [-0.1, -0.05) is 54.1 Å². The first kappa shape index (κ1) is 20.9. The summed E-state index contributed by atoms with van der Waals surface area (Å²) in [7, 11) is 0. The van der Waals surface area contributed by atoms with Crippen LogP contribution in [-0.2, 0) is 4.79 Å². The van der Waals surface area contributed by atoms with Crippen LogP contribution in [0.5, 0.6) is 5.75 Å². The number of carbonyl (C=O) groups is 2. The predicted molar refractivity (Wildman–Crippen MR) is 122 cm³/mol. The van der Waals surface area contributed by atoms with E-state index < -0.39 is 0 Å². The minimum atomic E-state index is -0.0422. The van der Waals surface area contributed by atoms with Gasteiger partial charge in [0.1, 0.15) is 5.75 Å². The molecule has 3 aromatic rings. The number of carbonyl (C=O) groups excluding carboxylic acids is 2. The van der Waals surface area contributed by atoms with Gasteiger partial charge in [-0.2, -0.15) is 0 Å². The summed E-state index contributed by atoms with van der Waals surface area (Å²) in [6.45, 7) is 6.35. The Labute approximate surface area is 183 Å². The Kier molecular flexibility index (Phi) is 6.21. The lowest BCUT2D eigenvalue weighted by Gasteiger charge is -2.23. The molecule has 5 heteroatoms. The number of rotatable bonds is 4. The summed E-state index contributed by atoms with van der Waals surface area (Å²) in [5.74, 6) is 0.721. The van der Waals surface area contributed by atoms with E-state index >= 15 is 0 Å². The molecule has 0 bridgehead atoms. The number of ether oxygens (including phenoxy) is 1. The maximum absolute atomic E-state index is 13.2. The van der Waals surface area contributed by atoms with Crippen molar-refractivity contribution in [1.82, 2.24) is 9.80 Å². The van der Waals surface area contributed by atoms with E-state index in [1.54, 1.807) is 4.90 Å². The second kappa shape index (κ2) is 9.21. The van der Waals surface area contributed by atoms with Crippen LogP contribution in [-0.4, -0.2) is 54.4 Å². The topological polar surface area (TPSA) is 49.9 Å². The van der Waals surface area contributed by atoms with Gasteiger partial charge < -0.3 is 14.5 Å². The first-order chi connectivity index (χ1) is 15.0. The number of hydrogen-bond acceptors (Lipinski definition) is 3. The van der Waals surface area contributed by atoms with Gasteiger partial charge >= 0.3 is 0 Å². The van der Waals surface area contributed by atoms with E-state index in [0.29, 0.717) is 26.2 Å². The molecule has 0 aliphatic carbocycles. The standard InChI is InChI=1S/C26H28N2O3/c1-19-11-12-24(20(2)17-19)31-18-25(29)27-13-6-14-28(16-15-27)26(30)23-10-5-8-21-7-3-4-9-22(21)23/h3-5,7-12,17H,6,13-16,18H2,1-2H3. The highest BCUT2D eigenvalue weighted by atomic mass is 16.5. The largest absolute Gasteiger partial charge is 0.484 e. The van der Waals surface area contributed by atoms with Gasteiger partial charge in [-0.25, -0.2) is 0 Å². The molecule has 0 radical (unpaired) electrons. The predicted octanol–water partition coefficient (Wildman–Crippen LogP) is 4.21. The molecule has 1 aliphatic heterocycles. The van der Waals surface area contributed by atoms with E-state index in [1.165, 1.54) is 5.56 Å². The lowest BCUT2D eigenvalue weighted by molar-refractivity contribution is -0.133. The van der Waals surface area contributed by atoms with Gasteiger partial charge in [0.2, 0.25) is 0 Å². The van der Waals surface area contributed by atoms with E-state index in [2.05, 4.69) is 0 Å². The summed E-state index contributed by atoms with van der Waals surface area (Å²) in [6, 6.07) is 19.7. The van der Waals surface area contributed by atoms with Crippen LogP contribution < -0.4 is 4.74 Å². The maximum atomic E-state index is 13.2. The minimum absolute atomic E-state index is 0.0150. The number of aryl methyl sites for hydroxylation is 2. The summed E-state index contributed by atoms with van der Waals surface area (Å²) in [6.07, 6.45) is 0.756. The first-order valence-electron chi connectivity index (χ1n) is 10.8. The van der Waals surface area contributed by atoms with Crippen LogP contribution in [0.25, 0.3) is 10.8 Å². The fraction of sp³-hybridized carbons (Fsp3) is 0.308. The Morgan fingerprint density at radius 3 is 2.45 bits per heavy atom. The van der Waals surface area contributed by atoms with Gasteiger partial charge in [0, 0.05) is 31.7 Å². The second-order valence-corrected chi connectivity index (χ2v) is 8.11. The third-order valence-corrected chi connectivity index (χ3v) is 5.84. The summed E-state index contributed by atoms with van der Waals surface area (Å²) < 4.78 is 5.77.